The van der Waals surface area contributed by atoms with E-state index < -0.39 is 0 Å². The second kappa shape index (κ2) is 4.77. The first-order valence-electron chi connectivity index (χ1n) is 5.81. The summed E-state index contributed by atoms with van der Waals surface area (Å²) in [6.45, 7) is 11.2. The van der Waals surface area contributed by atoms with Crippen LogP contribution in [0.2, 0.25) is 0 Å². The Hall–Kier alpha value is -0.860. The predicted octanol–water partition coefficient (Wildman–Crippen LogP) is 2.98. The Morgan fingerprint density at radius 1 is 1.33 bits per heavy atom. The minimum atomic E-state index is 0.396. The largest absolute Gasteiger partial charge is 0.263 e. The van der Waals surface area contributed by atoms with Crippen molar-refractivity contribution in [2.45, 2.75) is 53.9 Å². The SMILES string of the molecule is CCc1n[nH]c(CC(C)CC(C)(C)C)n1. The van der Waals surface area contributed by atoms with Crippen molar-refractivity contribution < 1.29 is 0 Å². The maximum Gasteiger partial charge on any atom is 0.150 e. The number of hydrogen-bond donors (Lipinski definition) is 1. The van der Waals surface area contributed by atoms with Crippen molar-refractivity contribution in [2.24, 2.45) is 11.3 Å². The maximum absolute atomic E-state index is 4.43. The van der Waals surface area contributed by atoms with E-state index in [1.807, 2.05) is 0 Å². The van der Waals surface area contributed by atoms with E-state index in [-0.39, 0.29) is 0 Å². The molecule has 0 saturated heterocycles. The Kier molecular flexibility index (Phi) is 3.89. The van der Waals surface area contributed by atoms with Crippen molar-refractivity contribution in [3.8, 4) is 0 Å². The normalized spacial score (nSPS) is 14.2. The van der Waals surface area contributed by atoms with Gasteiger partial charge in [-0.3, -0.25) is 5.10 Å². The summed E-state index contributed by atoms with van der Waals surface area (Å²) in [5.41, 5.74) is 0.396. The number of aryl methyl sites for hydroxylation is 1. The van der Waals surface area contributed by atoms with Gasteiger partial charge in [-0.2, -0.15) is 5.10 Å². The van der Waals surface area contributed by atoms with Gasteiger partial charge in [0, 0.05) is 12.8 Å². The van der Waals surface area contributed by atoms with Crippen LogP contribution >= 0.6 is 0 Å². The Balaban J connectivity index is 2.47. The first-order chi connectivity index (χ1) is 6.90. The predicted molar refractivity (Wildman–Crippen MR) is 62.7 cm³/mol. The number of hydrogen-bond acceptors (Lipinski definition) is 2. The minimum absolute atomic E-state index is 0.396. The van der Waals surface area contributed by atoms with Gasteiger partial charge in [-0.05, 0) is 17.8 Å². The van der Waals surface area contributed by atoms with E-state index in [1.165, 1.54) is 6.42 Å². The number of H-pyrrole nitrogens is 1. The van der Waals surface area contributed by atoms with Gasteiger partial charge in [0.1, 0.15) is 11.6 Å². The fraction of sp³-hybridized carbons (Fsp3) is 0.833. The molecule has 0 aliphatic rings. The van der Waals surface area contributed by atoms with Gasteiger partial charge in [-0.25, -0.2) is 4.98 Å². The number of nitrogens with one attached hydrogen (secondary N) is 1. The number of nitrogens with zero attached hydrogens (tertiary/aromatic N) is 2. The van der Waals surface area contributed by atoms with Crippen LogP contribution in [0.15, 0.2) is 0 Å². The van der Waals surface area contributed by atoms with Crippen LogP contribution in [-0.4, -0.2) is 15.2 Å². The summed E-state index contributed by atoms with van der Waals surface area (Å²) in [4.78, 5) is 4.43. The zero-order valence-corrected chi connectivity index (χ0v) is 10.6. The molecular formula is C12H23N3. The van der Waals surface area contributed by atoms with Gasteiger partial charge in [-0.1, -0.05) is 34.6 Å². The first-order valence-corrected chi connectivity index (χ1v) is 5.81. The average Bonchev–Trinajstić information content (AvgIpc) is 2.48. The summed E-state index contributed by atoms with van der Waals surface area (Å²) in [6, 6.07) is 0. The molecule has 1 N–H and O–H groups in total. The molecule has 0 amide bonds. The van der Waals surface area contributed by atoms with Gasteiger partial charge < -0.3 is 0 Å². The van der Waals surface area contributed by atoms with E-state index in [0.717, 1.165) is 24.5 Å². The van der Waals surface area contributed by atoms with Crippen LogP contribution in [0.5, 0.6) is 0 Å². The van der Waals surface area contributed by atoms with Crippen molar-refractivity contribution in [3.63, 3.8) is 0 Å². The van der Waals surface area contributed by atoms with Crippen molar-refractivity contribution in [3.05, 3.63) is 11.6 Å². The van der Waals surface area contributed by atoms with Crippen LogP contribution in [0.4, 0.5) is 0 Å². The first kappa shape index (κ1) is 12.2. The van der Waals surface area contributed by atoms with Gasteiger partial charge in [0.15, 0.2) is 0 Å². The third-order valence-electron chi connectivity index (χ3n) is 2.40. The van der Waals surface area contributed by atoms with Gasteiger partial charge in [0.05, 0.1) is 0 Å². The summed E-state index contributed by atoms with van der Waals surface area (Å²) in [7, 11) is 0. The molecule has 1 unspecified atom stereocenters. The van der Waals surface area contributed by atoms with Gasteiger partial charge in [-0.15, -0.1) is 0 Å². The molecule has 0 radical (unpaired) electrons. The second-order valence-electron chi connectivity index (χ2n) is 5.63. The summed E-state index contributed by atoms with van der Waals surface area (Å²) < 4.78 is 0. The highest BCUT2D eigenvalue weighted by atomic mass is 15.2. The van der Waals surface area contributed by atoms with Crippen LogP contribution in [0, 0.1) is 11.3 Å². The van der Waals surface area contributed by atoms with Gasteiger partial charge >= 0.3 is 0 Å². The lowest BCUT2D eigenvalue weighted by Crippen LogP contribution is -2.13. The number of aromatic amines is 1. The molecule has 1 aromatic heterocycles. The van der Waals surface area contributed by atoms with Crippen molar-refractivity contribution in [1.29, 1.82) is 0 Å². The zero-order valence-electron chi connectivity index (χ0n) is 10.6. The molecule has 0 saturated carbocycles. The Morgan fingerprint density at radius 3 is 2.47 bits per heavy atom. The summed E-state index contributed by atoms with van der Waals surface area (Å²) in [6.07, 6.45) is 3.13. The molecule has 0 aliphatic carbocycles. The molecule has 0 bridgehead atoms. The molecule has 3 heteroatoms. The van der Waals surface area contributed by atoms with Crippen LogP contribution < -0.4 is 0 Å². The van der Waals surface area contributed by atoms with Crippen LogP contribution in [-0.2, 0) is 12.8 Å². The molecule has 0 aliphatic heterocycles. The third kappa shape index (κ3) is 4.45. The lowest BCUT2D eigenvalue weighted by atomic mass is 9.84. The Bertz CT molecular complexity index is 296. The van der Waals surface area contributed by atoms with Gasteiger partial charge in [0.2, 0.25) is 0 Å². The molecule has 1 heterocycles. The molecule has 0 aromatic carbocycles. The third-order valence-corrected chi connectivity index (χ3v) is 2.40. The molecule has 3 nitrogen and oxygen atoms in total. The highest BCUT2D eigenvalue weighted by Gasteiger charge is 2.16. The molecule has 1 aromatic rings. The van der Waals surface area contributed by atoms with Crippen LogP contribution in [0.25, 0.3) is 0 Å². The zero-order chi connectivity index (χ0) is 11.5. The maximum atomic E-state index is 4.43. The molecule has 0 fully saturated rings. The molecule has 1 rings (SSSR count). The second-order valence-corrected chi connectivity index (χ2v) is 5.63. The van der Waals surface area contributed by atoms with Crippen LogP contribution in [0.3, 0.4) is 0 Å². The Morgan fingerprint density at radius 2 is 2.00 bits per heavy atom. The van der Waals surface area contributed by atoms with E-state index >= 15 is 0 Å². The summed E-state index contributed by atoms with van der Waals surface area (Å²) in [5, 5.41) is 7.16. The monoisotopic (exact) mass is 209 g/mol. The number of aromatic nitrogens is 3. The molecular weight excluding hydrogens is 186 g/mol. The smallest absolute Gasteiger partial charge is 0.150 e. The quantitative estimate of drug-likeness (QED) is 0.828. The van der Waals surface area contributed by atoms with Crippen molar-refractivity contribution >= 4 is 0 Å². The summed E-state index contributed by atoms with van der Waals surface area (Å²) in [5.74, 6) is 2.61. The summed E-state index contributed by atoms with van der Waals surface area (Å²) >= 11 is 0. The fourth-order valence-corrected chi connectivity index (χ4v) is 2.03. The lowest BCUT2D eigenvalue weighted by molar-refractivity contribution is 0.304. The highest BCUT2D eigenvalue weighted by molar-refractivity contribution is 4.91. The average molecular weight is 209 g/mol. The Labute approximate surface area is 92.7 Å². The molecule has 0 spiro atoms. The van der Waals surface area contributed by atoms with E-state index in [2.05, 4.69) is 49.8 Å². The molecule has 1 atom stereocenters. The van der Waals surface area contributed by atoms with Crippen LogP contribution in [0.1, 0.15) is 52.7 Å². The molecule has 15 heavy (non-hydrogen) atoms. The fourth-order valence-electron chi connectivity index (χ4n) is 2.03. The van der Waals surface area contributed by atoms with E-state index in [9.17, 15) is 0 Å². The number of rotatable bonds is 4. The standard InChI is InChI=1S/C12H23N3/c1-6-10-13-11(15-14-10)7-9(2)8-12(3,4)5/h9H,6-8H2,1-5H3,(H,13,14,15). The van der Waals surface area contributed by atoms with E-state index in [0.29, 0.717) is 11.3 Å². The lowest BCUT2D eigenvalue weighted by Gasteiger charge is -2.22. The topological polar surface area (TPSA) is 41.6 Å². The highest BCUT2D eigenvalue weighted by Crippen LogP contribution is 2.25. The van der Waals surface area contributed by atoms with Gasteiger partial charge in [0.25, 0.3) is 0 Å². The van der Waals surface area contributed by atoms with E-state index in [4.69, 9.17) is 0 Å². The van der Waals surface area contributed by atoms with Crippen molar-refractivity contribution in [2.75, 3.05) is 0 Å². The minimum Gasteiger partial charge on any atom is -0.263 e. The van der Waals surface area contributed by atoms with Crippen molar-refractivity contribution in [1.82, 2.24) is 15.2 Å². The molecule has 86 valence electrons. The van der Waals surface area contributed by atoms with E-state index in [1.54, 1.807) is 0 Å².